The SMILES string of the molecule is Cc1nc2c(c(-c3ccc(Cl)cc3Cl)c1CN)C(=O)N(C[C@H]1CCCO1)C2.O=C(O)C(F)(F)F. The molecule has 1 saturated heterocycles. The minimum absolute atomic E-state index is 0.0382. The number of alkyl halides is 3. The number of carbonyl (C=O) groups excluding carboxylic acids is 1. The van der Waals surface area contributed by atoms with E-state index in [9.17, 15) is 18.0 Å². The molecule has 1 atom stereocenters. The average molecular weight is 520 g/mol. The zero-order valence-corrected chi connectivity index (χ0v) is 19.6. The van der Waals surface area contributed by atoms with Crippen molar-refractivity contribution < 1.29 is 32.6 Å². The lowest BCUT2D eigenvalue weighted by Gasteiger charge is -2.20. The number of halogens is 5. The minimum Gasteiger partial charge on any atom is -0.475 e. The first-order chi connectivity index (χ1) is 15.9. The number of pyridine rings is 1. The molecule has 12 heteroatoms. The van der Waals surface area contributed by atoms with Crippen molar-refractivity contribution in [3.63, 3.8) is 0 Å². The van der Waals surface area contributed by atoms with Gasteiger partial charge in [0.25, 0.3) is 5.91 Å². The zero-order chi connectivity index (χ0) is 25.2. The third-order valence-electron chi connectivity index (χ3n) is 5.52. The number of aliphatic carboxylic acids is 1. The normalized spacial score (nSPS) is 17.4. The fourth-order valence-electron chi connectivity index (χ4n) is 3.98. The molecule has 0 radical (unpaired) electrons. The molecule has 2 aromatic rings. The number of nitrogens with two attached hydrogens (primary N) is 1. The molecule has 0 unspecified atom stereocenters. The summed E-state index contributed by atoms with van der Waals surface area (Å²) in [7, 11) is 0. The molecule has 1 aromatic heterocycles. The molecule has 184 valence electrons. The van der Waals surface area contributed by atoms with Crippen molar-refractivity contribution in [1.29, 1.82) is 0 Å². The van der Waals surface area contributed by atoms with Gasteiger partial charge in [0.05, 0.1) is 23.9 Å². The fraction of sp³-hybridized carbons (Fsp3) is 0.409. The molecule has 1 aromatic carbocycles. The summed E-state index contributed by atoms with van der Waals surface area (Å²) >= 11 is 12.5. The van der Waals surface area contributed by atoms with Crippen LogP contribution in [0.2, 0.25) is 10.0 Å². The van der Waals surface area contributed by atoms with Crippen LogP contribution in [-0.4, -0.2) is 52.3 Å². The molecule has 2 aliphatic rings. The number of aromatic nitrogens is 1. The number of hydrogen-bond acceptors (Lipinski definition) is 5. The third kappa shape index (κ3) is 5.63. The van der Waals surface area contributed by atoms with E-state index in [-0.39, 0.29) is 18.6 Å². The number of fused-ring (bicyclic) bond motifs is 1. The lowest BCUT2D eigenvalue weighted by atomic mass is 9.93. The van der Waals surface area contributed by atoms with Gasteiger partial charge < -0.3 is 20.5 Å². The first kappa shape index (κ1) is 26.2. The van der Waals surface area contributed by atoms with Crippen LogP contribution >= 0.6 is 23.2 Å². The van der Waals surface area contributed by atoms with Crippen molar-refractivity contribution in [1.82, 2.24) is 9.88 Å². The Morgan fingerprint density at radius 2 is 2.00 bits per heavy atom. The largest absolute Gasteiger partial charge is 0.490 e. The second-order valence-electron chi connectivity index (χ2n) is 7.82. The topological polar surface area (TPSA) is 106 Å². The highest BCUT2D eigenvalue weighted by molar-refractivity contribution is 6.36. The van der Waals surface area contributed by atoms with Gasteiger partial charge >= 0.3 is 12.1 Å². The molecule has 3 N–H and O–H groups in total. The van der Waals surface area contributed by atoms with Gasteiger partial charge in [-0.05, 0) is 37.5 Å². The van der Waals surface area contributed by atoms with Gasteiger partial charge in [-0.15, -0.1) is 0 Å². The van der Waals surface area contributed by atoms with E-state index in [2.05, 4.69) is 4.98 Å². The smallest absolute Gasteiger partial charge is 0.475 e. The van der Waals surface area contributed by atoms with Gasteiger partial charge in [0.1, 0.15) is 0 Å². The number of carbonyl (C=O) groups is 2. The van der Waals surface area contributed by atoms with Crippen LogP contribution in [0.5, 0.6) is 0 Å². The van der Waals surface area contributed by atoms with Crippen LogP contribution in [0.3, 0.4) is 0 Å². The van der Waals surface area contributed by atoms with E-state index < -0.39 is 12.1 Å². The highest BCUT2D eigenvalue weighted by Crippen LogP contribution is 2.40. The summed E-state index contributed by atoms with van der Waals surface area (Å²) in [4.78, 5) is 28.7. The summed E-state index contributed by atoms with van der Waals surface area (Å²) in [5, 5.41) is 8.17. The standard InChI is InChI=1S/C20H21Cl2N3O2.C2HF3O2/c1-11-15(8-23)18(14-5-4-12(21)7-16(14)22)19-17(24-11)10-25(20(19)26)9-13-3-2-6-27-13;3-2(4,5)1(6)7/h4-5,7,13H,2-3,6,8-10,23H2,1H3;(H,6,7)/t13-;/m1./s1. The number of carboxylic acids is 1. The molecular weight excluding hydrogens is 498 g/mol. The molecule has 0 bridgehead atoms. The summed E-state index contributed by atoms with van der Waals surface area (Å²) in [6, 6.07) is 5.30. The summed E-state index contributed by atoms with van der Waals surface area (Å²) < 4.78 is 37.4. The zero-order valence-electron chi connectivity index (χ0n) is 18.1. The first-order valence-corrected chi connectivity index (χ1v) is 11.1. The van der Waals surface area contributed by atoms with E-state index in [1.54, 1.807) is 12.1 Å². The maximum absolute atomic E-state index is 13.3. The molecule has 34 heavy (non-hydrogen) atoms. The van der Waals surface area contributed by atoms with Crippen LogP contribution < -0.4 is 5.73 Å². The number of aryl methyl sites for hydroxylation is 1. The number of amides is 1. The molecule has 3 heterocycles. The molecule has 0 aliphatic carbocycles. The molecular formula is C22H22Cl2F3N3O4. The molecule has 2 aliphatic heterocycles. The Kier molecular flexibility index (Phi) is 8.07. The Morgan fingerprint density at radius 3 is 2.53 bits per heavy atom. The van der Waals surface area contributed by atoms with E-state index in [0.29, 0.717) is 28.7 Å². The Labute approximate surface area is 203 Å². The predicted octanol–water partition coefficient (Wildman–Crippen LogP) is 4.59. The van der Waals surface area contributed by atoms with Crippen molar-refractivity contribution in [2.24, 2.45) is 5.73 Å². The molecule has 1 amide bonds. The fourth-order valence-corrected chi connectivity index (χ4v) is 4.48. The van der Waals surface area contributed by atoms with Crippen LogP contribution in [0.4, 0.5) is 13.2 Å². The Morgan fingerprint density at radius 1 is 1.32 bits per heavy atom. The third-order valence-corrected chi connectivity index (χ3v) is 6.06. The van der Waals surface area contributed by atoms with Crippen LogP contribution in [0.1, 0.15) is 40.2 Å². The molecule has 1 fully saturated rings. The van der Waals surface area contributed by atoms with Gasteiger partial charge in [-0.25, -0.2) is 4.79 Å². The number of rotatable bonds is 4. The number of benzene rings is 1. The summed E-state index contributed by atoms with van der Waals surface area (Å²) in [5.74, 6) is -2.80. The highest BCUT2D eigenvalue weighted by atomic mass is 35.5. The van der Waals surface area contributed by atoms with Crippen molar-refractivity contribution >= 4 is 35.1 Å². The molecule has 0 spiro atoms. The van der Waals surface area contributed by atoms with Gasteiger partial charge in [-0.1, -0.05) is 29.3 Å². The van der Waals surface area contributed by atoms with Crippen LogP contribution in [0.15, 0.2) is 18.2 Å². The summed E-state index contributed by atoms with van der Waals surface area (Å²) in [6.07, 6.45) is -2.96. The Hall–Kier alpha value is -2.40. The predicted molar refractivity (Wildman–Crippen MR) is 120 cm³/mol. The van der Waals surface area contributed by atoms with Crippen molar-refractivity contribution in [3.8, 4) is 11.1 Å². The number of hydrogen-bond donors (Lipinski definition) is 2. The van der Waals surface area contributed by atoms with Crippen LogP contribution in [0.25, 0.3) is 11.1 Å². The lowest BCUT2D eigenvalue weighted by Crippen LogP contribution is -2.32. The maximum Gasteiger partial charge on any atom is 0.490 e. The second-order valence-corrected chi connectivity index (χ2v) is 8.67. The van der Waals surface area contributed by atoms with E-state index in [0.717, 1.165) is 47.5 Å². The summed E-state index contributed by atoms with van der Waals surface area (Å²) in [5.41, 5.74) is 10.6. The van der Waals surface area contributed by atoms with E-state index in [1.807, 2.05) is 17.9 Å². The minimum atomic E-state index is -5.08. The number of carboxylic acid groups (broad SMARTS) is 1. The van der Waals surface area contributed by atoms with Crippen molar-refractivity contribution in [2.75, 3.05) is 13.2 Å². The van der Waals surface area contributed by atoms with Gasteiger partial charge in [0.15, 0.2) is 0 Å². The Balaban J connectivity index is 0.000000406. The molecule has 7 nitrogen and oxygen atoms in total. The first-order valence-electron chi connectivity index (χ1n) is 10.3. The number of nitrogens with zero attached hydrogens (tertiary/aromatic N) is 2. The van der Waals surface area contributed by atoms with Gasteiger partial charge in [0, 0.05) is 46.6 Å². The summed E-state index contributed by atoms with van der Waals surface area (Å²) in [6.45, 7) is 4.03. The second kappa shape index (κ2) is 10.5. The van der Waals surface area contributed by atoms with E-state index >= 15 is 0 Å². The van der Waals surface area contributed by atoms with E-state index in [1.165, 1.54) is 0 Å². The number of ether oxygens (including phenoxy) is 1. The van der Waals surface area contributed by atoms with Crippen LogP contribution in [0, 0.1) is 6.92 Å². The lowest BCUT2D eigenvalue weighted by molar-refractivity contribution is -0.192. The highest BCUT2D eigenvalue weighted by Gasteiger charge is 2.38. The van der Waals surface area contributed by atoms with Gasteiger partial charge in [-0.2, -0.15) is 13.2 Å². The maximum atomic E-state index is 13.3. The van der Waals surface area contributed by atoms with Crippen molar-refractivity contribution in [3.05, 3.63) is 50.8 Å². The molecule has 0 saturated carbocycles. The Bertz CT molecular complexity index is 1110. The van der Waals surface area contributed by atoms with Crippen LogP contribution in [-0.2, 0) is 22.6 Å². The monoisotopic (exact) mass is 519 g/mol. The van der Waals surface area contributed by atoms with Gasteiger partial charge in [-0.3, -0.25) is 9.78 Å². The van der Waals surface area contributed by atoms with E-state index in [4.69, 9.17) is 43.6 Å². The van der Waals surface area contributed by atoms with Crippen molar-refractivity contribution in [2.45, 2.75) is 45.1 Å². The van der Waals surface area contributed by atoms with Gasteiger partial charge in [0.2, 0.25) is 0 Å². The molecule has 4 rings (SSSR count). The average Bonchev–Trinajstić information content (AvgIpc) is 3.35. The quantitative estimate of drug-likeness (QED) is 0.611.